The number of amides is 2. The molecule has 0 aromatic heterocycles. The van der Waals surface area contributed by atoms with Crippen LogP contribution in [0.3, 0.4) is 0 Å². The van der Waals surface area contributed by atoms with Gasteiger partial charge in [-0.2, -0.15) is 0 Å². The van der Waals surface area contributed by atoms with Gasteiger partial charge in [-0.3, -0.25) is 14.5 Å². The molecule has 2 amide bonds. The van der Waals surface area contributed by atoms with Crippen molar-refractivity contribution in [1.29, 1.82) is 0 Å². The maximum atomic E-state index is 13.1. The minimum Gasteiger partial charge on any atom is -0.456 e. The van der Waals surface area contributed by atoms with Gasteiger partial charge in [0, 0.05) is 50.5 Å². The highest BCUT2D eigenvalue weighted by molar-refractivity contribution is 5.98. The maximum Gasteiger partial charge on any atom is 0.407 e. The summed E-state index contributed by atoms with van der Waals surface area (Å²) in [6.07, 6.45) is 0.358. The fraction of sp³-hybridized carbons (Fsp3) is 0.484. The summed E-state index contributed by atoms with van der Waals surface area (Å²) in [7, 11) is 1.23. The number of anilines is 1. The van der Waals surface area contributed by atoms with Crippen molar-refractivity contribution in [3.63, 3.8) is 0 Å². The quantitative estimate of drug-likeness (QED) is 0.347. The molecule has 2 aromatic carbocycles. The first-order chi connectivity index (χ1) is 19.8. The Morgan fingerprint density at radius 3 is 2.24 bits per heavy atom. The molecule has 0 unspecified atom stereocenters. The number of piperazine rings is 1. The number of carbonyl (C=O) groups excluding carboxylic acids is 4. The highest BCUT2D eigenvalue weighted by Crippen LogP contribution is 2.22. The zero-order valence-corrected chi connectivity index (χ0v) is 24.1. The second-order valence-corrected chi connectivity index (χ2v) is 10.9. The third-order valence-corrected chi connectivity index (χ3v) is 7.72. The van der Waals surface area contributed by atoms with Crippen molar-refractivity contribution in [3.05, 3.63) is 65.7 Å². The average Bonchev–Trinajstić information content (AvgIpc) is 3.49. The number of nitrogens with zero attached hydrogens (tertiary/aromatic N) is 3. The van der Waals surface area contributed by atoms with Crippen molar-refractivity contribution in [2.24, 2.45) is 5.92 Å². The van der Waals surface area contributed by atoms with E-state index in [1.165, 1.54) is 17.6 Å². The van der Waals surface area contributed by atoms with E-state index < -0.39 is 30.8 Å². The summed E-state index contributed by atoms with van der Waals surface area (Å²) in [5.41, 5.74) is 2.83. The topological polar surface area (TPSA) is 108 Å². The summed E-state index contributed by atoms with van der Waals surface area (Å²) in [6, 6.07) is 16.2. The van der Waals surface area contributed by atoms with Crippen molar-refractivity contribution in [3.8, 4) is 0 Å². The highest BCUT2D eigenvalue weighted by atomic mass is 16.5. The Bertz CT molecular complexity index is 1190. The summed E-state index contributed by atoms with van der Waals surface area (Å²) in [6.45, 7) is 8.25. The minimum absolute atomic E-state index is 0.207. The van der Waals surface area contributed by atoms with Gasteiger partial charge >= 0.3 is 12.1 Å². The smallest absolute Gasteiger partial charge is 0.407 e. The number of hydrogen-bond donors (Lipinski definition) is 1. The molecule has 2 aromatic rings. The van der Waals surface area contributed by atoms with Crippen molar-refractivity contribution >= 4 is 29.4 Å². The lowest BCUT2D eigenvalue weighted by Crippen LogP contribution is -2.54. The molecule has 2 fully saturated rings. The lowest BCUT2D eigenvalue weighted by Gasteiger charge is -2.36. The monoisotopic (exact) mass is 564 g/mol. The molecule has 10 nitrogen and oxygen atoms in total. The summed E-state index contributed by atoms with van der Waals surface area (Å²) in [4.78, 5) is 56.7. The van der Waals surface area contributed by atoms with Crippen molar-refractivity contribution < 1.29 is 28.7 Å². The van der Waals surface area contributed by atoms with Crippen molar-refractivity contribution in [1.82, 2.24) is 15.1 Å². The van der Waals surface area contributed by atoms with Crippen LogP contribution in [-0.2, 0) is 25.6 Å². The molecule has 2 aliphatic rings. The standard InChI is InChI=1S/C31H40N4O6/c1-22(2)28(32-31(39)40-3)29(37)35-15-7-10-26(35)30(38)41-21-27(36)24-11-13-25(14-12-24)34-18-16-33(17-19-34)20-23-8-5-4-6-9-23/h4-6,8-9,11-14,22,26,28H,7,10,15-21H2,1-3H3,(H,32,39)/t26-,28-/m0/s1. The molecule has 220 valence electrons. The Kier molecular flexibility index (Phi) is 10.3. The van der Waals surface area contributed by atoms with Gasteiger partial charge in [-0.25, -0.2) is 9.59 Å². The summed E-state index contributed by atoms with van der Waals surface area (Å²) >= 11 is 0. The lowest BCUT2D eigenvalue weighted by atomic mass is 10.0. The van der Waals surface area contributed by atoms with Crippen LogP contribution in [0, 0.1) is 5.92 Å². The number of ether oxygens (including phenoxy) is 2. The number of ketones is 1. The fourth-order valence-corrected chi connectivity index (χ4v) is 5.33. The second kappa shape index (κ2) is 14.1. The lowest BCUT2D eigenvalue weighted by molar-refractivity contribution is -0.153. The zero-order chi connectivity index (χ0) is 29.4. The molecule has 4 rings (SSSR count). The molecule has 2 saturated heterocycles. The van der Waals surface area contributed by atoms with Gasteiger partial charge in [-0.1, -0.05) is 44.2 Å². The molecule has 0 aliphatic carbocycles. The van der Waals surface area contributed by atoms with E-state index in [0.717, 1.165) is 38.4 Å². The molecular formula is C31H40N4O6. The van der Waals surface area contributed by atoms with Crippen LogP contribution in [0.25, 0.3) is 0 Å². The predicted octanol–water partition coefficient (Wildman–Crippen LogP) is 3.11. The Labute approximate surface area is 241 Å². The van der Waals surface area contributed by atoms with E-state index in [9.17, 15) is 19.2 Å². The number of rotatable bonds is 10. The predicted molar refractivity (Wildman–Crippen MR) is 155 cm³/mol. The molecule has 0 spiro atoms. The molecule has 2 aliphatic heterocycles. The van der Waals surface area contributed by atoms with Gasteiger partial charge < -0.3 is 24.6 Å². The molecule has 10 heteroatoms. The van der Waals surface area contributed by atoms with Crippen molar-refractivity contribution in [2.45, 2.75) is 45.3 Å². The van der Waals surface area contributed by atoms with Crippen LogP contribution in [0.2, 0.25) is 0 Å². The maximum absolute atomic E-state index is 13.1. The molecule has 2 heterocycles. The van der Waals surface area contributed by atoms with Crippen LogP contribution < -0.4 is 10.2 Å². The number of methoxy groups -OCH3 is 1. The van der Waals surface area contributed by atoms with E-state index in [4.69, 9.17) is 4.74 Å². The first-order valence-electron chi connectivity index (χ1n) is 14.2. The van der Waals surface area contributed by atoms with Gasteiger partial charge in [0.25, 0.3) is 0 Å². The van der Waals surface area contributed by atoms with Gasteiger partial charge in [-0.05, 0) is 48.6 Å². The number of hydrogen-bond acceptors (Lipinski definition) is 8. The normalized spacial score (nSPS) is 18.2. The molecule has 0 saturated carbocycles. The summed E-state index contributed by atoms with van der Waals surface area (Å²) < 4.78 is 10.00. The molecule has 1 N–H and O–H groups in total. The third kappa shape index (κ3) is 7.85. The number of Topliss-reactive ketones (excluding diaryl/α,β-unsaturated/α-hetero) is 1. The number of alkyl carbamates (subject to hydrolysis) is 1. The first-order valence-corrected chi connectivity index (χ1v) is 14.2. The van der Waals surface area contributed by atoms with Gasteiger partial charge in [0.1, 0.15) is 12.1 Å². The van der Waals surface area contributed by atoms with Crippen LogP contribution in [0.5, 0.6) is 0 Å². The fourth-order valence-electron chi connectivity index (χ4n) is 5.33. The van der Waals surface area contributed by atoms with E-state index in [1.54, 1.807) is 26.0 Å². The SMILES string of the molecule is COC(=O)N[C@H](C(=O)N1CCC[C@H]1C(=O)OCC(=O)c1ccc(N2CCN(Cc3ccccc3)CC2)cc1)C(C)C. The third-order valence-electron chi connectivity index (χ3n) is 7.72. The number of nitrogens with one attached hydrogen (secondary N) is 1. The Balaban J connectivity index is 1.26. The van der Waals surface area contributed by atoms with Gasteiger partial charge in [0.15, 0.2) is 12.4 Å². The van der Waals surface area contributed by atoms with E-state index in [2.05, 4.69) is 44.1 Å². The van der Waals surface area contributed by atoms with Crippen molar-refractivity contribution in [2.75, 3.05) is 51.3 Å². The van der Waals surface area contributed by atoms with Crippen LogP contribution in [-0.4, -0.2) is 92.1 Å². The van der Waals surface area contributed by atoms with Gasteiger partial charge in [0.05, 0.1) is 7.11 Å². The molecular weight excluding hydrogens is 524 g/mol. The Morgan fingerprint density at radius 1 is 0.927 bits per heavy atom. The number of likely N-dealkylation sites (tertiary alicyclic amines) is 1. The Morgan fingerprint density at radius 2 is 1.61 bits per heavy atom. The molecule has 0 radical (unpaired) electrons. The first kappa shape index (κ1) is 30.0. The zero-order valence-electron chi connectivity index (χ0n) is 24.1. The second-order valence-electron chi connectivity index (χ2n) is 10.9. The number of esters is 1. The average molecular weight is 565 g/mol. The van der Waals surface area contributed by atoms with E-state index in [0.29, 0.717) is 24.9 Å². The summed E-state index contributed by atoms with van der Waals surface area (Å²) in [5, 5.41) is 2.55. The van der Waals surface area contributed by atoms with Crippen LogP contribution in [0.1, 0.15) is 42.6 Å². The van der Waals surface area contributed by atoms with E-state index in [1.807, 2.05) is 18.2 Å². The number of benzene rings is 2. The molecule has 0 bridgehead atoms. The minimum atomic E-state index is -0.831. The summed E-state index contributed by atoms with van der Waals surface area (Å²) in [5.74, 6) is -1.50. The molecule has 2 atom stereocenters. The van der Waals surface area contributed by atoms with Crippen LogP contribution >= 0.6 is 0 Å². The van der Waals surface area contributed by atoms with E-state index >= 15 is 0 Å². The van der Waals surface area contributed by atoms with E-state index in [-0.39, 0.29) is 17.6 Å². The van der Waals surface area contributed by atoms with Gasteiger partial charge in [0.2, 0.25) is 5.91 Å². The van der Waals surface area contributed by atoms with Gasteiger partial charge in [-0.15, -0.1) is 0 Å². The number of carbonyl (C=O) groups is 4. The van der Waals surface area contributed by atoms with Crippen LogP contribution in [0.15, 0.2) is 54.6 Å². The molecule has 41 heavy (non-hydrogen) atoms. The largest absolute Gasteiger partial charge is 0.456 e. The Hall–Kier alpha value is -3.92. The van der Waals surface area contributed by atoms with Crippen LogP contribution in [0.4, 0.5) is 10.5 Å². The highest BCUT2D eigenvalue weighted by Gasteiger charge is 2.39.